The minimum Gasteiger partial charge on any atom is -0.497 e. The van der Waals surface area contributed by atoms with E-state index in [1.165, 1.54) is 0 Å². The highest BCUT2D eigenvalue weighted by molar-refractivity contribution is 5.91. The average molecular weight is 348 g/mol. The van der Waals surface area contributed by atoms with Crippen molar-refractivity contribution in [1.82, 2.24) is 5.43 Å². The normalized spacial score (nSPS) is 10.8. The van der Waals surface area contributed by atoms with Gasteiger partial charge in [0.25, 0.3) is 5.91 Å². The van der Waals surface area contributed by atoms with Gasteiger partial charge in [-0.15, -0.1) is 0 Å². The van der Waals surface area contributed by atoms with Gasteiger partial charge in [-0.3, -0.25) is 4.79 Å². The van der Waals surface area contributed by atoms with Gasteiger partial charge < -0.3 is 9.47 Å². The Balaban J connectivity index is 1.56. The molecule has 5 nitrogen and oxygen atoms in total. The van der Waals surface area contributed by atoms with Gasteiger partial charge in [-0.05, 0) is 59.2 Å². The van der Waals surface area contributed by atoms with E-state index in [9.17, 15) is 4.79 Å². The molecular weight excluding hydrogens is 328 g/mol. The lowest BCUT2D eigenvalue weighted by atomic mass is 10.1. The Morgan fingerprint density at radius 3 is 2.65 bits per heavy atom. The van der Waals surface area contributed by atoms with E-state index in [1.54, 1.807) is 13.3 Å². The van der Waals surface area contributed by atoms with Gasteiger partial charge in [0.1, 0.15) is 11.5 Å². The number of benzene rings is 3. The number of nitrogens with one attached hydrogen (secondary N) is 1. The summed E-state index contributed by atoms with van der Waals surface area (Å²) in [4.78, 5) is 11.8. The van der Waals surface area contributed by atoms with Crippen molar-refractivity contribution < 1.29 is 14.3 Å². The van der Waals surface area contributed by atoms with Crippen LogP contribution >= 0.6 is 0 Å². The van der Waals surface area contributed by atoms with Crippen LogP contribution in [0.25, 0.3) is 10.8 Å². The summed E-state index contributed by atoms with van der Waals surface area (Å²) in [6, 6.07) is 19.3. The number of hydrazone groups is 1. The van der Waals surface area contributed by atoms with Crippen LogP contribution < -0.4 is 14.9 Å². The third-order valence-corrected chi connectivity index (χ3v) is 3.83. The zero-order valence-corrected chi connectivity index (χ0v) is 14.7. The molecule has 0 unspecified atom stereocenters. The summed E-state index contributed by atoms with van der Waals surface area (Å²) < 4.78 is 10.7. The van der Waals surface area contributed by atoms with Crippen LogP contribution in [0.4, 0.5) is 0 Å². The highest BCUT2D eigenvalue weighted by Gasteiger charge is 2.02. The first kappa shape index (κ1) is 17.5. The number of carbonyl (C=O) groups excluding carboxylic acids is 1. The van der Waals surface area contributed by atoms with Crippen molar-refractivity contribution >= 4 is 22.9 Å². The van der Waals surface area contributed by atoms with Gasteiger partial charge in [-0.2, -0.15) is 5.10 Å². The molecule has 0 fully saturated rings. The number of fused-ring (bicyclic) bond motifs is 1. The molecule has 0 aliphatic rings. The van der Waals surface area contributed by atoms with Crippen LogP contribution in [0.2, 0.25) is 0 Å². The molecule has 26 heavy (non-hydrogen) atoms. The van der Waals surface area contributed by atoms with E-state index in [0.29, 0.717) is 5.75 Å². The van der Waals surface area contributed by atoms with Gasteiger partial charge in [-0.25, -0.2) is 5.43 Å². The van der Waals surface area contributed by atoms with E-state index in [-0.39, 0.29) is 12.5 Å². The molecule has 132 valence electrons. The smallest absolute Gasteiger partial charge is 0.277 e. The van der Waals surface area contributed by atoms with Crippen LogP contribution in [0.1, 0.15) is 11.1 Å². The van der Waals surface area contributed by atoms with E-state index in [2.05, 4.69) is 10.5 Å². The van der Waals surface area contributed by atoms with Crippen molar-refractivity contribution in [3.05, 3.63) is 71.8 Å². The molecule has 0 spiro atoms. The molecule has 0 saturated heterocycles. The molecule has 0 aliphatic carbocycles. The molecule has 3 rings (SSSR count). The zero-order chi connectivity index (χ0) is 18.4. The number of rotatable bonds is 6. The first-order chi connectivity index (χ1) is 12.6. The van der Waals surface area contributed by atoms with Crippen molar-refractivity contribution in [2.45, 2.75) is 6.92 Å². The largest absolute Gasteiger partial charge is 0.497 e. The second-order valence-corrected chi connectivity index (χ2v) is 5.87. The lowest BCUT2D eigenvalue weighted by Gasteiger charge is -2.05. The summed E-state index contributed by atoms with van der Waals surface area (Å²) in [5.41, 5.74) is 4.44. The molecule has 5 heteroatoms. The number of hydrogen-bond acceptors (Lipinski definition) is 4. The minimum atomic E-state index is -0.312. The first-order valence-electron chi connectivity index (χ1n) is 8.23. The summed E-state index contributed by atoms with van der Waals surface area (Å²) in [6.45, 7) is 1.88. The van der Waals surface area contributed by atoms with Crippen molar-refractivity contribution in [3.8, 4) is 11.5 Å². The van der Waals surface area contributed by atoms with Crippen LogP contribution in [0.3, 0.4) is 0 Å². The average Bonchev–Trinajstić information content (AvgIpc) is 2.66. The lowest BCUT2D eigenvalue weighted by Crippen LogP contribution is -2.24. The van der Waals surface area contributed by atoms with Crippen LogP contribution in [-0.2, 0) is 4.79 Å². The van der Waals surface area contributed by atoms with Gasteiger partial charge in [0.2, 0.25) is 0 Å². The summed E-state index contributed by atoms with van der Waals surface area (Å²) in [6.07, 6.45) is 1.61. The van der Waals surface area contributed by atoms with Gasteiger partial charge in [-0.1, -0.05) is 30.3 Å². The summed E-state index contributed by atoms with van der Waals surface area (Å²) in [5.74, 6) is 1.17. The van der Waals surface area contributed by atoms with E-state index in [4.69, 9.17) is 9.47 Å². The van der Waals surface area contributed by atoms with Gasteiger partial charge >= 0.3 is 0 Å². The first-order valence-corrected chi connectivity index (χ1v) is 8.23. The SMILES string of the molecule is COc1ccc2cc(/C=N\NC(=O)COc3cccc(C)c3)ccc2c1. The zero-order valence-electron chi connectivity index (χ0n) is 14.7. The molecule has 3 aromatic carbocycles. The Morgan fingerprint density at radius 1 is 1.04 bits per heavy atom. The third-order valence-electron chi connectivity index (χ3n) is 3.83. The fraction of sp³-hybridized carbons (Fsp3) is 0.143. The molecule has 0 aliphatic heterocycles. The summed E-state index contributed by atoms with van der Waals surface area (Å²) in [7, 11) is 1.65. The number of amides is 1. The molecule has 1 N–H and O–H groups in total. The second kappa shape index (κ2) is 8.16. The quantitative estimate of drug-likeness (QED) is 0.546. The number of carbonyl (C=O) groups is 1. The van der Waals surface area contributed by atoms with Crippen LogP contribution in [-0.4, -0.2) is 25.8 Å². The maximum absolute atomic E-state index is 11.8. The Labute approximate surface area is 152 Å². The van der Waals surface area contributed by atoms with Crippen LogP contribution in [0.5, 0.6) is 11.5 Å². The van der Waals surface area contributed by atoms with Crippen molar-refractivity contribution in [1.29, 1.82) is 0 Å². The van der Waals surface area contributed by atoms with E-state index >= 15 is 0 Å². The predicted octanol–water partition coefficient (Wildman–Crippen LogP) is 3.69. The maximum atomic E-state index is 11.8. The highest BCUT2D eigenvalue weighted by Crippen LogP contribution is 2.21. The Hall–Kier alpha value is -3.34. The molecule has 0 bridgehead atoms. The van der Waals surface area contributed by atoms with E-state index in [1.807, 2.05) is 67.6 Å². The van der Waals surface area contributed by atoms with Crippen molar-refractivity contribution in [3.63, 3.8) is 0 Å². The number of hydrogen-bond donors (Lipinski definition) is 1. The number of nitrogens with zero attached hydrogens (tertiary/aromatic N) is 1. The monoisotopic (exact) mass is 348 g/mol. The highest BCUT2D eigenvalue weighted by atomic mass is 16.5. The van der Waals surface area contributed by atoms with E-state index < -0.39 is 0 Å². The fourth-order valence-corrected chi connectivity index (χ4v) is 2.51. The van der Waals surface area contributed by atoms with E-state index in [0.717, 1.165) is 27.6 Å². The molecule has 0 saturated carbocycles. The Bertz CT molecular complexity index is 951. The molecular formula is C21H20N2O3. The Kier molecular flexibility index (Phi) is 5.49. The Morgan fingerprint density at radius 2 is 1.85 bits per heavy atom. The minimum absolute atomic E-state index is 0.0850. The van der Waals surface area contributed by atoms with Crippen LogP contribution in [0.15, 0.2) is 65.8 Å². The number of methoxy groups -OCH3 is 1. The molecule has 1 amide bonds. The van der Waals surface area contributed by atoms with Gasteiger partial charge in [0.05, 0.1) is 13.3 Å². The maximum Gasteiger partial charge on any atom is 0.277 e. The van der Waals surface area contributed by atoms with Crippen LogP contribution in [0, 0.1) is 6.92 Å². The number of ether oxygens (including phenoxy) is 2. The molecule has 0 heterocycles. The predicted molar refractivity (Wildman–Crippen MR) is 103 cm³/mol. The topological polar surface area (TPSA) is 59.9 Å². The molecule has 0 atom stereocenters. The molecule has 3 aromatic rings. The van der Waals surface area contributed by atoms with Gasteiger partial charge in [0.15, 0.2) is 6.61 Å². The summed E-state index contributed by atoms with van der Waals surface area (Å²) in [5, 5.41) is 6.14. The standard InChI is InChI=1S/C21H20N2O3/c1-15-4-3-5-20(10-15)26-14-21(24)23-22-13-16-6-7-18-12-19(25-2)9-8-17(18)11-16/h3-13H,14H2,1-2H3,(H,23,24)/b22-13-. The fourth-order valence-electron chi connectivity index (χ4n) is 2.51. The second-order valence-electron chi connectivity index (χ2n) is 5.87. The van der Waals surface area contributed by atoms with Gasteiger partial charge in [0, 0.05) is 0 Å². The lowest BCUT2D eigenvalue weighted by molar-refractivity contribution is -0.123. The molecule has 0 aromatic heterocycles. The third kappa shape index (κ3) is 4.60. The van der Waals surface area contributed by atoms with Crippen molar-refractivity contribution in [2.75, 3.05) is 13.7 Å². The molecule has 0 radical (unpaired) electrons. The number of aryl methyl sites for hydroxylation is 1. The van der Waals surface area contributed by atoms with Crippen molar-refractivity contribution in [2.24, 2.45) is 5.10 Å². The summed E-state index contributed by atoms with van der Waals surface area (Å²) >= 11 is 0.